The first-order valence-corrected chi connectivity index (χ1v) is 7.06. The van der Waals surface area contributed by atoms with Crippen molar-refractivity contribution in [1.82, 2.24) is 9.97 Å². The van der Waals surface area contributed by atoms with Crippen molar-refractivity contribution in [3.63, 3.8) is 0 Å². The van der Waals surface area contributed by atoms with E-state index in [9.17, 15) is 10.1 Å². The van der Waals surface area contributed by atoms with Gasteiger partial charge in [-0.25, -0.2) is 0 Å². The SMILES string of the molecule is O=[N+]([O-])c1cccc(NC(=S)Nc2ccc3nccnc3c2)c1. The number of anilines is 2. The lowest BCUT2D eigenvalue weighted by Gasteiger charge is -2.10. The summed E-state index contributed by atoms with van der Waals surface area (Å²) in [5.74, 6) is 0. The Kier molecular flexibility index (Phi) is 4.07. The van der Waals surface area contributed by atoms with E-state index in [0.717, 1.165) is 16.7 Å². The number of hydrogen-bond donors (Lipinski definition) is 2. The van der Waals surface area contributed by atoms with Crippen molar-refractivity contribution >= 4 is 45.4 Å². The molecule has 114 valence electrons. The second-order valence-electron chi connectivity index (χ2n) is 4.65. The fourth-order valence-electron chi connectivity index (χ4n) is 2.03. The molecule has 7 nitrogen and oxygen atoms in total. The topological polar surface area (TPSA) is 93.0 Å². The molecule has 0 saturated heterocycles. The Morgan fingerprint density at radius 3 is 2.43 bits per heavy atom. The quantitative estimate of drug-likeness (QED) is 0.433. The van der Waals surface area contributed by atoms with E-state index in [2.05, 4.69) is 20.6 Å². The van der Waals surface area contributed by atoms with Gasteiger partial charge in [-0.1, -0.05) is 6.07 Å². The maximum absolute atomic E-state index is 10.8. The van der Waals surface area contributed by atoms with Gasteiger partial charge in [-0.15, -0.1) is 0 Å². The summed E-state index contributed by atoms with van der Waals surface area (Å²) >= 11 is 5.22. The molecule has 0 bridgehead atoms. The minimum Gasteiger partial charge on any atom is -0.332 e. The van der Waals surface area contributed by atoms with Gasteiger partial charge >= 0.3 is 0 Å². The molecule has 0 atom stereocenters. The predicted molar refractivity (Wildman–Crippen MR) is 92.5 cm³/mol. The molecule has 1 heterocycles. The molecule has 0 unspecified atom stereocenters. The van der Waals surface area contributed by atoms with E-state index in [1.54, 1.807) is 24.5 Å². The van der Waals surface area contributed by atoms with E-state index in [4.69, 9.17) is 12.2 Å². The van der Waals surface area contributed by atoms with Crippen molar-refractivity contribution in [1.29, 1.82) is 0 Å². The zero-order chi connectivity index (χ0) is 16.2. The first-order valence-electron chi connectivity index (χ1n) is 6.65. The molecule has 0 radical (unpaired) electrons. The fourth-order valence-corrected chi connectivity index (χ4v) is 2.27. The molecule has 0 aliphatic carbocycles. The molecule has 0 amide bonds. The van der Waals surface area contributed by atoms with Crippen LogP contribution < -0.4 is 10.6 Å². The monoisotopic (exact) mass is 325 g/mol. The average molecular weight is 325 g/mol. The largest absolute Gasteiger partial charge is 0.332 e. The standard InChI is InChI=1S/C15H11N5O2S/c21-20(22)12-3-1-2-10(8-12)18-15(23)19-11-4-5-13-14(9-11)17-7-6-16-13/h1-9H,(H2,18,19,23). The van der Waals surface area contributed by atoms with E-state index >= 15 is 0 Å². The number of thiocarbonyl (C=S) groups is 1. The van der Waals surface area contributed by atoms with Gasteiger partial charge in [0.25, 0.3) is 5.69 Å². The summed E-state index contributed by atoms with van der Waals surface area (Å²) in [5.41, 5.74) is 2.82. The number of benzene rings is 2. The van der Waals surface area contributed by atoms with E-state index in [1.165, 1.54) is 12.1 Å². The van der Waals surface area contributed by atoms with Crippen molar-refractivity contribution < 1.29 is 4.92 Å². The number of rotatable bonds is 3. The van der Waals surface area contributed by atoms with Crippen LogP contribution in [0.15, 0.2) is 54.9 Å². The van der Waals surface area contributed by atoms with Gasteiger partial charge in [0.2, 0.25) is 0 Å². The summed E-state index contributed by atoms with van der Waals surface area (Å²) in [4.78, 5) is 18.7. The van der Waals surface area contributed by atoms with Gasteiger partial charge < -0.3 is 10.6 Å². The number of nitro groups is 1. The lowest BCUT2D eigenvalue weighted by molar-refractivity contribution is -0.384. The van der Waals surface area contributed by atoms with Crippen LogP contribution in [0, 0.1) is 10.1 Å². The van der Waals surface area contributed by atoms with Crippen LogP contribution in [0.1, 0.15) is 0 Å². The highest BCUT2D eigenvalue weighted by atomic mass is 32.1. The Balaban J connectivity index is 1.73. The zero-order valence-electron chi connectivity index (χ0n) is 11.8. The maximum Gasteiger partial charge on any atom is 0.271 e. The Labute approximate surface area is 136 Å². The summed E-state index contributed by atoms with van der Waals surface area (Å²) in [5, 5.41) is 17.0. The van der Waals surface area contributed by atoms with Crippen molar-refractivity contribution in [3.05, 3.63) is 65.0 Å². The molecule has 2 aromatic carbocycles. The molecular weight excluding hydrogens is 314 g/mol. The van der Waals surface area contributed by atoms with Crippen molar-refractivity contribution in [2.24, 2.45) is 0 Å². The van der Waals surface area contributed by atoms with Gasteiger partial charge in [0.1, 0.15) is 0 Å². The predicted octanol–water partition coefficient (Wildman–Crippen LogP) is 3.35. The number of hydrogen-bond acceptors (Lipinski definition) is 5. The molecule has 0 aliphatic rings. The third-order valence-corrected chi connectivity index (χ3v) is 3.25. The van der Waals surface area contributed by atoms with E-state index in [-0.39, 0.29) is 5.69 Å². The second-order valence-corrected chi connectivity index (χ2v) is 5.05. The Bertz CT molecular complexity index is 900. The number of nitrogens with one attached hydrogen (secondary N) is 2. The van der Waals surface area contributed by atoms with Gasteiger partial charge in [0.05, 0.1) is 16.0 Å². The van der Waals surface area contributed by atoms with Crippen LogP contribution in [0.4, 0.5) is 17.1 Å². The molecule has 0 fully saturated rings. The van der Waals surface area contributed by atoms with Crippen LogP contribution >= 0.6 is 12.2 Å². The van der Waals surface area contributed by atoms with Crippen LogP contribution in [-0.2, 0) is 0 Å². The van der Waals surface area contributed by atoms with Crippen LogP contribution in [-0.4, -0.2) is 20.0 Å². The molecule has 0 spiro atoms. The summed E-state index contributed by atoms with van der Waals surface area (Å²) in [6.45, 7) is 0. The van der Waals surface area contributed by atoms with Crippen molar-refractivity contribution in [2.75, 3.05) is 10.6 Å². The normalized spacial score (nSPS) is 10.3. The first kappa shape index (κ1) is 14.8. The Hall–Kier alpha value is -3.13. The Morgan fingerprint density at radius 1 is 1.00 bits per heavy atom. The Morgan fingerprint density at radius 2 is 1.70 bits per heavy atom. The van der Waals surface area contributed by atoms with Gasteiger partial charge in [-0.2, -0.15) is 0 Å². The van der Waals surface area contributed by atoms with Crippen LogP contribution in [0.2, 0.25) is 0 Å². The number of non-ortho nitro benzene ring substituents is 1. The molecule has 0 aliphatic heterocycles. The molecule has 3 rings (SSSR count). The number of nitro benzene ring substituents is 1. The van der Waals surface area contributed by atoms with E-state index in [0.29, 0.717) is 10.8 Å². The number of fused-ring (bicyclic) bond motifs is 1. The lowest BCUT2D eigenvalue weighted by Crippen LogP contribution is -2.19. The minimum absolute atomic E-state index is 0.00113. The van der Waals surface area contributed by atoms with Crippen molar-refractivity contribution in [3.8, 4) is 0 Å². The smallest absolute Gasteiger partial charge is 0.271 e. The van der Waals surface area contributed by atoms with E-state index in [1.807, 2.05) is 18.2 Å². The summed E-state index contributed by atoms with van der Waals surface area (Å²) in [7, 11) is 0. The summed E-state index contributed by atoms with van der Waals surface area (Å²) in [6.07, 6.45) is 3.25. The van der Waals surface area contributed by atoms with Gasteiger partial charge in [-0.3, -0.25) is 20.1 Å². The van der Waals surface area contributed by atoms with Crippen LogP contribution in [0.3, 0.4) is 0 Å². The summed E-state index contributed by atoms with van der Waals surface area (Å²) in [6, 6.07) is 11.6. The minimum atomic E-state index is -0.455. The highest BCUT2D eigenvalue weighted by Crippen LogP contribution is 2.18. The van der Waals surface area contributed by atoms with Crippen molar-refractivity contribution in [2.45, 2.75) is 0 Å². The molecule has 0 saturated carbocycles. The molecular formula is C15H11N5O2S. The average Bonchev–Trinajstić information content (AvgIpc) is 2.55. The molecule has 3 aromatic rings. The summed E-state index contributed by atoms with van der Waals surface area (Å²) < 4.78 is 0. The zero-order valence-corrected chi connectivity index (χ0v) is 12.6. The molecule has 8 heteroatoms. The van der Waals surface area contributed by atoms with Crippen LogP contribution in [0.5, 0.6) is 0 Å². The first-order chi connectivity index (χ1) is 11.1. The highest BCUT2D eigenvalue weighted by Gasteiger charge is 2.07. The maximum atomic E-state index is 10.8. The highest BCUT2D eigenvalue weighted by molar-refractivity contribution is 7.80. The third kappa shape index (κ3) is 3.55. The third-order valence-electron chi connectivity index (χ3n) is 3.04. The van der Waals surface area contributed by atoms with E-state index < -0.39 is 4.92 Å². The van der Waals surface area contributed by atoms with Gasteiger partial charge in [0, 0.05) is 35.9 Å². The molecule has 23 heavy (non-hydrogen) atoms. The number of nitrogens with zero attached hydrogens (tertiary/aromatic N) is 3. The molecule has 1 aromatic heterocycles. The van der Waals surface area contributed by atoms with Gasteiger partial charge in [0.15, 0.2) is 5.11 Å². The lowest BCUT2D eigenvalue weighted by atomic mass is 10.2. The fraction of sp³-hybridized carbons (Fsp3) is 0. The van der Waals surface area contributed by atoms with Gasteiger partial charge in [-0.05, 0) is 36.5 Å². The van der Waals surface area contributed by atoms with Crippen LogP contribution in [0.25, 0.3) is 11.0 Å². The molecule has 2 N–H and O–H groups in total. The number of aromatic nitrogens is 2. The second kappa shape index (κ2) is 6.32.